The number of hydrogen-bond acceptors (Lipinski definition) is 3. The second-order valence-corrected chi connectivity index (χ2v) is 6.53. The lowest BCUT2D eigenvalue weighted by Gasteiger charge is -2.07. The number of benzene rings is 2. The first-order chi connectivity index (χ1) is 9.74. The summed E-state index contributed by atoms with van der Waals surface area (Å²) >= 11 is 4.98. The molecule has 0 aliphatic carbocycles. The molecule has 0 fully saturated rings. The van der Waals surface area contributed by atoms with Crippen LogP contribution in [0, 0.1) is 0 Å². The molecule has 0 radical (unpaired) electrons. The van der Waals surface area contributed by atoms with E-state index in [1.54, 1.807) is 11.8 Å². The fourth-order valence-electron chi connectivity index (χ4n) is 2.22. The van der Waals surface area contributed by atoms with Crippen molar-refractivity contribution in [2.24, 2.45) is 0 Å². The topological polar surface area (TPSA) is 26.3 Å². The van der Waals surface area contributed by atoms with Gasteiger partial charge in [-0.3, -0.25) is 4.79 Å². The molecule has 0 aromatic heterocycles. The molecule has 1 aliphatic heterocycles. The Morgan fingerprint density at radius 3 is 2.95 bits per heavy atom. The Labute approximate surface area is 130 Å². The van der Waals surface area contributed by atoms with Gasteiger partial charge in [0.1, 0.15) is 5.75 Å². The molecule has 0 amide bonds. The summed E-state index contributed by atoms with van der Waals surface area (Å²) in [5.74, 6) is 1.33. The van der Waals surface area contributed by atoms with Gasteiger partial charge in [-0.1, -0.05) is 34.1 Å². The van der Waals surface area contributed by atoms with Gasteiger partial charge in [0.05, 0.1) is 17.9 Å². The van der Waals surface area contributed by atoms with Crippen LogP contribution < -0.4 is 4.74 Å². The highest BCUT2D eigenvalue weighted by molar-refractivity contribution is 9.10. The van der Waals surface area contributed by atoms with Gasteiger partial charge in [0.2, 0.25) is 0 Å². The number of ketones is 1. The maximum atomic E-state index is 12.4. The molecule has 0 bridgehead atoms. The highest BCUT2D eigenvalue weighted by Gasteiger charge is 2.20. The second kappa shape index (κ2) is 6.02. The number of para-hydroxylation sites is 1. The molecule has 2 nitrogen and oxygen atoms in total. The van der Waals surface area contributed by atoms with Crippen molar-refractivity contribution in [2.45, 2.75) is 11.3 Å². The lowest BCUT2D eigenvalue weighted by atomic mass is 10.1. The summed E-state index contributed by atoms with van der Waals surface area (Å²) in [5.41, 5.74) is 1.85. The lowest BCUT2D eigenvalue weighted by molar-refractivity contribution is 0.101. The minimum absolute atomic E-state index is 0.119. The smallest absolute Gasteiger partial charge is 0.176 e. The Balaban J connectivity index is 1.73. The van der Waals surface area contributed by atoms with E-state index in [9.17, 15) is 4.79 Å². The number of halogens is 1. The van der Waals surface area contributed by atoms with Crippen LogP contribution in [0.4, 0.5) is 0 Å². The molecule has 1 heterocycles. The van der Waals surface area contributed by atoms with Gasteiger partial charge in [-0.2, -0.15) is 0 Å². The summed E-state index contributed by atoms with van der Waals surface area (Å²) in [5, 5.41) is 0. The lowest BCUT2D eigenvalue weighted by Crippen LogP contribution is -2.04. The summed E-state index contributed by atoms with van der Waals surface area (Å²) in [6.07, 6.45) is 0.898. The van der Waals surface area contributed by atoms with Crippen molar-refractivity contribution in [1.29, 1.82) is 0 Å². The molecule has 0 unspecified atom stereocenters. The van der Waals surface area contributed by atoms with Gasteiger partial charge in [-0.15, -0.1) is 11.8 Å². The van der Waals surface area contributed by atoms with Gasteiger partial charge >= 0.3 is 0 Å². The van der Waals surface area contributed by atoms with Crippen LogP contribution in [0.1, 0.15) is 15.9 Å². The Kier molecular flexibility index (Phi) is 4.13. The predicted octanol–water partition coefficient (Wildman–Crippen LogP) is 4.36. The maximum absolute atomic E-state index is 12.4. The molecular weight excluding hydrogens is 336 g/mol. The molecule has 0 saturated carbocycles. The van der Waals surface area contributed by atoms with Crippen molar-refractivity contribution in [3.8, 4) is 5.75 Å². The maximum Gasteiger partial charge on any atom is 0.176 e. The number of ether oxygens (including phenoxy) is 1. The van der Waals surface area contributed by atoms with Crippen molar-refractivity contribution < 1.29 is 9.53 Å². The van der Waals surface area contributed by atoms with Crippen LogP contribution in [0.15, 0.2) is 51.8 Å². The van der Waals surface area contributed by atoms with Crippen LogP contribution in [0.2, 0.25) is 0 Å². The standard InChI is InChI=1S/C16H13BrO2S/c17-12-4-2-5-13(9-12)20-10-15(18)14-6-1-3-11-7-8-19-16(11)14/h1-6,9H,7-8,10H2. The van der Waals surface area contributed by atoms with Gasteiger partial charge in [-0.05, 0) is 29.8 Å². The number of fused-ring (bicyclic) bond motifs is 1. The average molecular weight is 349 g/mol. The van der Waals surface area contributed by atoms with Crippen LogP contribution >= 0.6 is 27.7 Å². The number of thioether (sulfide) groups is 1. The first-order valence-electron chi connectivity index (χ1n) is 6.40. The zero-order valence-electron chi connectivity index (χ0n) is 10.8. The minimum atomic E-state index is 0.119. The summed E-state index contributed by atoms with van der Waals surface area (Å²) in [6.45, 7) is 0.679. The first-order valence-corrected chi connectivity index (χ1v) is 8.18. The van der Waals surface area contributed by atoms with Crippen molar-refractivity contribution >= 4 is 33.5 Å². The van der Waals surface area contributed by atoms with Gasteiger partial charge in [0.25, 0.3) is 0 Å². The quantitative estimate of drug-likeness (QED) is 0.606. The molecule has 0 saturated heterocycles. The molecule has 0 N–H and O–H groups in total. The Bertz CT molecular complexity index is 655. The monoisotopic (exact) mass is 348 g/mol. The molecule has 0 atom stereocenters. The third kappa shape index (κ3) is 2.91. The van der Waals surface area contributed by atoms with Gasteiger partial charge in [0.15, 0.2) is 5.78 Å². The molecule has 1 aliphatic rings. The fourth-order valence-corrected chi connectivity index (χ4v) is 3.61. The molecule has 4 heteroatoms. The van der Waals surface area contributed by atoms with E-state index in [0.717, 1.165) is 27.1 Å². The Hall–Kier alpha value is -1.26. The molecular formula is C16H13BrO2S. The molecule has 2 aromatic carbocycles. The van der Waals surface area contributed by atoms with E-state index in [-0.39, 0.29) is 5.78 Å². The van der Waals surface area contributed by atoms with E-state index in [1.165, 1.54) is 0 Å². The highest BCUT2D eigenvalue weighted by Crippen LogP contribution is 2.31. The Morgan fingerprint density at radius 1 is 1.25 bits per heavy atom. The molecule has 102 valence electrons. The molecule has 0 spiro atoms. The molecule has 20 heavy (non-hydrogen) atoms. The third-order valence-corrected chi connectivity index (χ3v) is 4.67. The van der Waals surface area contributed by atoms with Gasteiger partial charge in [-0.25, -0.2) is 0 Å². The SMILES string of the molecule is O=C(CSc1cccc(Br)c1)c1cccc2c1OCC2. The predicted molar refractivity (Wildman–Crippen MR) is 84.8 cm³/mol. The summed E-state index contributed by atoms with van der Waals surface area (Å²) in [6, 6.07) is 13.8. The van der Waals surface area contributed by atoms with E-state index in [0.29, 0.717) is 17.9 Å². The van der Waals surface area contributed by atoms with Crippen LogP contribution in [0.5, 0.6) is 5.75 Å². The van der Waals surface area contributed by atoms with Crippen molar-refractivity contribution in [2.75, 3.05) is 12.4 Å². The number of hydrogen-bond donors (Lipinski definition) is 0. The van der Waals surface area contributed by atoms with E-state index >= 15 is 0 Å². The molecule has 2 aromatic rings. The summed E-state index contributed by atoms with van der Waals surface area (Å²) < 4.78 is 6.61. The number of carbonyl (C=O) groups excluding carboxylic acids is 1. The largest absolute Gasteiger partial charge is 0.492 e. The average Bonchev–Trinajstić information content (AvgIpc) is 2.93. The van der Waals surface area contributed by atoms with E-state index < -0.39 is 0 Å². The van der Waals surface area contributed by atoms with Crippen LogP contribution in [0.3, 0.4) is 0 Å². The normalized spacial score (nSPS) is 12.8. The van der Waals surface area contributed by atoms with Crippen molar-refractivity contribution in [3.63, 3.8) is 0 Å². The van der Waals surface area contributed by atoms with Gasteiger partial charge in [0, 0.05) is 15.8 Å². The van der Waals surface area contributed by atoms with Crippen LogP contribution in [0.25, 0.3) is 0 Å². The Morgan fingerprint density at radius 2 is 2.10 bits per heavy atom. The van der Waals surface area contributed by atoms with E-state index in [4.69, 9.17) is 4.74 Å². The fraction of sp³-hybridized carbons (Fsp3) is 0.188. The number of carbonyl (C=O) groups is 1. The second-order valence-electron chi connectivity index (χ2n) is 4.56. The van der Waals surface area contributed by atoms with Crippen LogP contribution in [-0.4, -0.2) is 18.1 Å². The number of rotatable bonds is 4. The zero-order valence-corrected chi connectivity index (χ0v) is 13.2. The highest BCUT2D eigenvalue weighted by atomic mass is 79.9. The van der Waals surface area contributed by atoms with Gasteiger partial charge < -0.3 is 4.74 Å². The van der Waals surface area contributed by atoms with Crippen LogP contribution in [-0.2, 0) is 6.42 Å². The molecule has 3 rings (SSSR count). The van der Waals surface area contributed by atoms with Crippen molar-refractivity contribution in [3.05, 3.63) is 58.1 Å². The minimum Gasteiger partial charge on any atom is -0.492 e. The van der Waals surface area contributed by atoms with E-state index in [1.807, 2.05) is 42.5 Å². The number of Topliss-reactive ketones (excluding diaryl/α,β-unsaturated/α-hetero) is 1. The summed E-state index contributed by atoms with van der Waals surface area (Å²) in [4.78, 5) is 13.4. The van der Waals surface area contributed by atoms with Crippen molar-refractivity contribution in [1.82, 2.24) is 0 Å². The summed E-state index contributed by atoms with van der Waals surface area (Å²) in [7, 11) is 0. The van der Waals surface area contributed by atoms with E-state index in [2.05, 4.69) is 15.9 Å². The first kappa shape index (κ1) is 13.7. The third-order valence-electron chi connectivity index (χ3n) is 3.18. The zero-order chi connectivity index (χ0) is 13.9.